The van der Waals surface area contributed by atoms with Gasteiger partial charge in [-0.25, -0.2) is 4.98 Å². The van der Waals surface area contributed by atoms with Crippen molar-refractivity contribution in [1.29, 1.82) is 0 Å². The summed E-state index contributed by atoms with van der Waals surface area (Å²) in [6, 6.07) is 9.90. The fourth-order valence-electron chi connectivity index (χ4n) is 2.14. The number of carbonyl (C=O) groups excluding carboxylic acids is 1. The highest BCUT2D eigenvalue weighted by Gasteiger charge is 2.26. The molecule has 1 aliphatic heterocycles. The summed E-state index contributed by atoms with van der Waals surface area (Å²) in [6.07, 6.45) is 4.75. The number of aromatic nitrogens is 2. The second-order valence-electron chi connectivity index (χ2n) is 4.45. The molecule has 0 atom stereocenters. The molecular weight excluding hydrogens is 258 g/mol. The van der Waals surface area contributed by atoms with Gasteiger partial charge in [-0.2, -0.15) is 0 Å². The molecule has 1 aromatic carbocycles. The molecule has 0 bridgehead atoms. The Morgan fingerprint density at radius 2 is 2.00 bits per heavy atom. The predicted molar refractivity (Wildman–Crippen MR) is 75.9 cm³/mol. The quantitative estimate of drug-likeness (QED) is 0.806. The van der Waals surface area contributed by atoms with Crippen LogP contribution in [0.3, 0.4) is 0 Å². The Hall–Kier alpha value is -1.75. The molecular formula is C14H15N3OS. The fraction of sp³-hybridized carbons (Fsp3) is 0.286. The number of thioether (sulfide) groups is 1. The molecule has 98 valence electrons. The molecule has 5 heteroatoms. The van der Waals surface area contributed by atoms with Crippen LogP contribution in [0.25, 0.3) is 5.69 Å². The van der Waals surface area contributed by atoms with E-state index in [2.05, 4.69) is 4.98 Å². The van der Waals surface area contributed by atoms with Gasteiger partial charge in [0.05, 0.1) is 6.20 Å². The molecule has 0 N–H and O–H groups in total. The highest BCUT2D eigenvalue weighted by molar-refractivity contribution is 7.98. The Morgan fingerprint density at radius 3 is 2.58 bits per heavy atom. The molecule has 2 heterocycles. The third-order valence-corrected chi connectivity index (χ3v) is 3.94. The van der Waals surface area contributed by atoms with E-state index in [0.717, 1.165) is 30.4 Å². The highest BCUT2D eigenvalue weighted by atomic mass is 32.2. The van der Waals surface area contributed by atoms with Crippen molar-refractivity contribution in [1.82, 2.24) is 14.5 Å². The first-order valence-corrected chi connectivity index (χ1v) is 7.50. The lowest BCUT2D eigenvalue weighted by Gasteiger charge is -2.31. The average Bonchev–Trinajstić information content (AvgIpc) is 2.81. The zero-order chi connectivity index (χ0) is 13.2. The first-order valence-electron chi connectivity index (χ1n) is 6.27. The minimum absolute atomic E-state index is 0.0721. The van der Waals surface area contributed by atoms with Gasteiger partial charge in [0, 0.05) is 18.8 Å². The van der Waals surface area contributed by atoms with Crippen LogP contribution in [0.4, 0.5) is 0 Å². The smallest absolute Gasteiger partial charge is 0.272 e. The van der Waals surface area contributed by atoms with Crippen LogP contribution in [0, 0.1) is 0 Å². The molecule has 1 aliphatic rings. The number of carbonyl (C=O) groups is 1. The zero-order valence-corrected chi connectivity index (χ0v) is 11.6. The summed E-state index contributed by atoms with van der Waals surface area (Å²) in [7, 11) is 0. The number of benzene rings is 1. The number of amides is 1. The number of hydrogen-bond donors (Lipinski definition) is 0. The molecule has 0 unspecified atom stereocenters. The normalized spacial score (nSPS) is 14.3. The summed E-state index contributed by atoms with van der Waals surface area (Å²) in [5, 5.41) is 0.843. The summed E-state index contributed by atoms with van der Waals surface area (Å²) < 4.78 is 1.94. The molecule has 0 aliphatic carbocycles. The molecule has 2 aromatic rings. The Bertz CT molecular complexity index is 590. The van der Waals surface area contributed by atoms with Gasteiger partial charge in [-0.05, 0) is 24.8 Å². The molecule has 19 heavy (non-hydrogen) atoms. The maximum atomic E-state index is 12.4. The van der Waals surface area contributed by atoms with E-state index >= 15 is 0 Å². The van der Waals surface area contributed by atoms with Crippen molar-refractivity contribution >= 4 is 17.7 Å². The van der Waals surface area contributed by atoms with E-state index in [4.69, 9.17) is 0 Å². The van der Waals surface area contributed by atoms with Gasteiger partial charge in [-0.15, -0.1) is 0 Å². The molecule has 1 amide bonds. The molecule has 1 saturated heterocycles. The second kappa shape index (κ2) is 5.09. The van der Waals surface area contributed by atoms with Crippen LogP contribution in [-0.2, 0) is 0 Å². The summed E-state index contributed by atoms with van der Waals surface area (Å²) in [4.78, 5) is 18.6. The van der Waals surface area contributed by atoms with Crippen LogP contribution < -0.4 is 0 Å². The Morgan fingerprint density at radius 1 is 1.26 bits per heavy atom. The molecule has 0 saturated carbocycles. The number of rotatable bonds is 3. The molecule has 1 fully saturated rings. The molecule has 1 aromatic heterocycles. The van der Waals surface area contributed by atoms with Gasteiger partial charge in [-0.3, -0.25) is 9.36 Å². The van der Waals surface area contributed by atoms with Crippen molar-refractivity contribution in [3.63, 3.8) is 0 Å². The van der Waals surface area contributed by atoms with Crippen molar-refractivity contribution in [2.75, 3.05) is 19.3 Å². The van der Waals surface area contributed by atoms with Crippen molar-refractivity contribution in [2.24, 2.45) is 0 Å². The van der Waals surface area contributed by atoms with Crippen LogP contribution in [0.15, 0.2) is 41.7 Å². The third kappa shape index (κ3) is 2.14. The van der Waals surface area contributed by atoms with Crippen molar-refractivity contribution in [2.45, 2.75) is 11.6 Å². The summed E-state index contributed by atoms with van der Waals surface area (Å²) in [5.74, 6) is 0.0721. The van der Waals surface area contributed by atoms with Crippen molar-refractivity contribution in [3.05, 3.63) is 42.2 Å². The van der Waals surface area contributed by atoms with E-state index in [1.807, 2.05) is 46.1 Å². The Kier molecular flexibility index (Phi) is 3.29. The van der Waals surface area contributed by atoms with Crippen LogP contribution in [0.1, 0.15) is 16.9 Å². The standard InChI is InChI=1S/C14H15N3OS/c1-19-14-15-10-12(13(18)16-8-5-9-16)17(14)11-6-3-2-4-7-11/h2-4,6-7,10H,5,8-9H2,1H3. The van der Waals surface area contributed by atoms with E-state index in [-0.39, 0.29) is 5.91 Å². The minimum Gasteiger partial charge on any atom is -0.337 e. The fourth-order valence-corrected chi connectivity index (χ4v) is 2.68. The summed E-state index contributed by atoms with van der Waals surface area (Å²) in [5.41, 5.74) is 1.63. The number of nitrogens with zero attached hydrogens (tertiary/aromatic N) is 3. The lowest BCUT2D eigenvalue weighted by atomic mass is 10.2. The van der Waals surface area contributed by atoms with Gasteiger partial charge in [0.25, 0.3) is 5.91 Å². The van der Waals surface area contributed by atoms with Gasteiger partial charge in [0.1, 0.15) is 5.69 Å². The SMILES string of the molecule is CSc1ncc(C(=O)N2CCC2)n1-c1ccccc1. The summed E-state index contributed by atoms with van der Waals surface area (Å²) in [6.45, 7) is 1.71. The van der Waals surface area contributed by atoms with E-state index in [0.29, 0.717) is 5.69 Å². The predicted octanol–water partition coefficient (Wildman–Crippen LogP) is 2.44. The third-order valence-electron chi connectivity index (χ3n) is 3.29. The monoisotopic (exact) mass is 273 g/mol. The lowest BCUT2D eigenvalue weighted by Crippen LogP contribution is -2.42. The van der Waals surface area contributed by atoms with Crippen LogP contribution >= 0.6 is 11.8 Å². The van der Waals surface area contributed by atoms with E-state index in [1.165, 1.54) is 0 Å². The lowest BCUT2D eigenvalue weighted by molar-refractivity contribution is 0.0643. The average molecular weight is 273 g/mol. The van der Waals surface area contributed by atoms with Crippen LogP contribution in [0.5, 0.6) is 0 Å². The maximum Gasteiger partial charge on any atom is 0.272 e. The Balaban J connectivity index is 2.05. The number of imidazole rings is 1. The van der Waals surface area contributed by atoms with Crippen LogP contribution in [0.2, 0.25) is 0 Å². The number of hydrogen-bond acceptors (Lipinski definition) is 3. The van der Waals surface area contributed by atoms with E-state index in [1.54, 1.807) is 18.0 Å². The highest BCUT2D eigenvalue weighted by Crippen LogP contribution is 2.23. The van der Waals surface area contributed by atoms with Gasteiger partial charge in [0.2, 0.25) is 0 Å². The number of likely N-dealkylation sites (tertiary alicyclic amines) is 1. The van der Waals surface area contributed by atoms with Gasteiger partial charge < -0.3 is 4.90 Å². The second-order valence-corrected chi connectivity index (χ2v) is 5.22. The first-order chi connectivity index (χ1) is 9.31. The van der Waals surface area contributed by atoms with E-state index in [9.17, 15) is 4.79 Å². The molecule has 0 spiro atoms. The topological polar surface area (TPSA) is 38.1 Å². The zero-order valence-electron chi connectivity index (χ0n) is 10.7. The van der Waals surface area contributed by atoms with E-state index < -0.39 is 0 Å². The largest absolute Gasteiger partial charge is 0.337 e. The number of para-hydroxylation sites is 1. The van der Waals surface area contributed by atoms with Gasteiger partial charge in [-0.1, -0.05) is 30.0 Å². The minimum atomic E-state index is 0.0721. The maximum absolute atomic E-state index is 12.4. The van der Waals surface area contributed by atoms with Crippen molar-refractivity contribution < 1.29 is 4.79 Å². The molecule has 3 rings (SSSR count). The van der Waals surface area contributed by atoms with Gasteiger partial charge in [0.15, 0.2) is 5.16 Å². The molecule has 4 nitrogen and oxygen atoms in total. The van der Waals surface area contributed by atoms with Crippen LogP contribution in [-0.4, -0.2) is 39.7 Å². The molecule has 0 radical (unpaired) electrons. The Labute approximate surface area is 116 Å². The van der Waals surface area contributed by atoms with Gasteiger partial charge >= 0.3 is 0 Å². The first kappa shape index (κ1) is 12.3. The van der Waals surface area contributed by atoms with Crippen molar-refractivity contribution in [3.8, 4) is 5.69 Å². The summed E-state index contributed by atoms with van der Waals surface area (Å²) >= 11 is 1.55.